The number of nitrogens with one attached hydrogen (secondary N) is 1. The van der Waals surface area contributed by atoms with Gasteiger partial charge in [-0.15, -0.1) is 0 Å². The SMILES string of the molecule is CC(=O)NC1CCN(C(=O)C(C)(C)C)C1. The van der Waals surface area contributed by atoms with Crippen LogP contribution in [0.15, 0.2) is 0 Å². The molecule has 0 aliphatic carbocycles. The third-order valence-electron chi connectivity index (χ3n) is 2.52. The van der Waals surface area contributed by atoms with E-state index in [1.807, 2.05) is 25.7 Å². The summed E-state index contributed by atoms with van der Waals surface area (Å²) in [5, 5.41) is 2.85. The number of likely N-dealkylation sites (tertiary alicyclic amines) is 1. The summed E-state index contributed by atoms with van der Waals surface area (Å²) in [6.07, 6.45) is 0.863. The van der Waals surface area contributed by atoms with Crippen LogP contribution in [0.1, 0.15) is 34.1 Å². The lowest BCUT2D eigenvalue weighted by molar-refractivity contribution is -0.138. The number of hydrogen-bond donors (Lipinski definition) is 1. The van der Waals surface area contributed by atoms with Crippen molar-refractivity contribution in [3.8, 4) is 0 Å². The Hall–Kier alpha value is -1.06. The molecule has 0 aromatic rings. The van der Waals surface area contributed by atoms with E-state index in [1.54, 1.807) is 0 Å². The van der Waals surface area contributed by atoms with Gasteiger partial charge in [-0.2, -0.15) is 0 Å². The fraction of sp³-hybridized carbons (Fsp3) is 0.818. The molecule has 1 heterocycles. The van der Waals surface area contributed by atoms with Crippen LogP contribution in [-0.4, -0.2) is 35.8 Å². The number of carbonyl (C=O) groups excluding carboxylic acids is 2. The molecule has 1 fully saturated rings. The third-order valence-corrected chi connectivity index (χ3v) is 2.52. The standard InChI is InChI=1S/C11H20N2O2/c1-8(14)12-9-5-6-13(7-9)10(15)11(2,3)4/h9H,5-7H2,1-4H3,(H,12,14). The van der Waals surface area contributed by atoms with E-state index in [9.17, 15) is 9.59 Å². The molecule has 15 heavy (non-hydrogen) atoms. The maximum atomic E-state index is 11.9. The Bertz CT molecular complexity index is 268. The van der Waals surface area contributed by atoms with Gasteiger partial charge in [-0.3, -0.25) is 9.59 Å². The van der Waals surface area contributed by atoms with Crippen LogP contribution in [0.2, 0.25) is 0 Å². The molecule has 0 bridgehead atoms. The Morgan fingerprint density at radius 2 is 1.93 bits per heavy atom. The van der Waals surface area contributed by atoms with Crippen molar-refractivity contribution in [1.82, 2.24) is 10.2 Å². The van der Waals surface area contributed by atoms with E-state index in [0.29, 0.717) is 6.54 Å². The second-order valence-electron chi connectivity index (χ2n) is 5.19. The molecule has 4 heteroatoms. The van der Waals surface area contributed by atoms with E-state index in [-0.39, 0.29) is 23.3 Å². The summed E-state index contributed by atoms with van der Waals surface area (Å²) in [6, 6.07) is 0.133. The first-order chi connectivity index (χ1) is 6.80. The van der Waals surface area contributed by atoms with Gasteiger partial charge in [-0.05, 0) is 6.42 Å². The van der Waals surface area contributed by atoms with Crippen LogP contribution < -0.4 is 5.32 Å². The van der Waals surface area contributed by atoms with Crippen LogP contribution in [0.5, 0.6) is 0 Å². The minimum absolute atomic E-state index is 0.0231. The van der Waals surface area contributed by atoms with Crippen molar-refractivity contribution >= 4 is 11.8 Å². The summed E-state index contributed by atoms with van der Waals surface area (Å²) < 4.78 is 0. The van der Waals surface area contributed by atoms with Crippen molar-refractivity contribution in [3.05, 3.63) is 0 Å². The average molecular weight is 212 g/mol. The molecular weight excluding hydrogens is 192 g/mol. The molecule has 1 rings (SSSR count). The molecule has 0 aromatic heterocycles. The fourth-order valence-corrected chi connectivity index (χ4v) is 1.82. The second-order valence-corrected chi connectivity index (χ2v) is 5.19. The van der Waals surface area contributed by atoms with E-state index in [0.717, 1.165) is 13.0 Å². The van der Waals surface area contributed by atoms with Gasteiger partial charge in [-0.1, -0.05) is 20.8 Å². The maximum Gasteiger partial charge on any atom is 0.228 e. The molecular formula is C11H20N2O2. The lowest BCUT2D eigenvalue weighted by atomic mass is 9.95. The molecule has 1 saturated heterocycles. The van der Waals surface area contributed by atoms with Crippen molar-refractivity contribution in [3.63, 3.8) is 0 Å². The van der Waals surface area contributed by atoms with Crippen LogP contribution in [-0.2, 0) is 9.59 Å². The summed E-state index contributed by atoms with van der Waals surface area (Å²) in [6.45, 7) is 8.66. The van der Waals surface area contributed by atoms with Crippen LogP contribution in [0.4, 0.5) is 0 Å². The molecule has 1 atom stereocenters. The van der Waals surface area contributed by atoms with E-state index < -0.39 is 0 Å². The summed E-state index contributed by atoms with van der Waals surface area (Å²) in [5.41, 5.74) is -0.328. The summed E-state index contributed by atoms with van der Waals surface area (Å²) in [4.78, 5) is 24.6. The van der Waals surface area contributed by atoms with Crippen LogP contribution in [0.3, 0.4) is 0 Å². The molecule has 0 radical (unpaired) electrons. The Morgan fingerprint density at radius 1 is 1.33 bits per heavy atom. The van der Waals surface area contributed by atoms with Gasteiger partial charge in [0.15, 0.2) is 0 Å². The molecule has 0 spiro atoms. The lowest BCUT2D eigenvalue weighted by Crippen LogP contribution is -2.41. The quantitative estimate of drug-likeness (QED) is 0.698. The topological polar surface area (TPSA) is 49.4 Å². The Morgan fingerprint density at radius 3 is 2.40 bits per heavy atom. The Kier molecular flexibility index (Phi) is 3.37. The van der Waals surface area contributed by atoms with E-state index in [1.165, 1.54) is 6.92 Å². The van der Waals surface area contributed by atoms with Crippen LogP contribution in [0.25, 0.3) is 0 Å². The molecule has 1 aliphatic rings. The van der Waals surface area contributed by atoms with Gasteiger partial charge < -0.3 is 10.2 Å². The summed E-state index contributed by atoms with van der Waals surface area (Å²) >= 11 is 0. The van der Waals surface area contributed by atoms with Crippen LogP contribution >= 0.6 is 0 Å². The van der Waals surface area contributed by atoms with Gasteiger partial charge in [0.1, 0.15) is 0 Å². The lowest BCUT2D eigenvalue weighted by Gasteiger charge is -2.25. The molecule has 0 saturated carbocycles. The van der Waals surface area contributed by atoms with Gasteiger partial charge in [0.05, 0.1) is 0 Å². The molecule has 1 aliphatic heterocycles. The van der Waals surface area contributed by atoms with Crippen molar-refractivity contribution < 1.29 is 9.59 Å². The first kappa shape index (κ1) is 12.0. The van der Waals surface area contributed by atoms with Crippen LogP contribution in [0, 0.1) is 5.41 Å². The zero-order chi connectivity index (χ0) is 11.6. The minimum Gasteiger partial charge on any atom is -0.352 e. The van der Waals surface area contributed by atoms with E-state index >= 15 is 0 Å². The Labute approximate surface area is 91.0 Å². The maximum absolute atomic E-state index is 11.9. The van der Waals surface area contributed by atoms with Gasteiger partial charge in [0.2, 0.25) is 11.8 Å². The molecule has 4 nitrogen and oxygen atoms in total. The van der Waals surface area contributed by atoms with E-state index in [4.69, 9.17) is 0 Å². The van der Waals surface area contributed by atoms with Crippen molar-refractivity contribution in [2.45, 2.75) is 40.2 Å². The first-order valence-corrected chi connectivity index (χ1v) is 5.37. The minimum atomic E-state index is -0.328. The highest BCUT2D eigenvalue weighted by atomic mass is 16.2. The van der Waals surface area contributed by atoms with Crippen molar-refractivity contribution in [1.29, 1.82) is 0 Å². The highest BCUT2D eigenvalue weighted by Crippen LogP contribution is 2.21. The number of nitrogens with zero attached hydrogens (tertiary/aromatic N) is 1. The Balaban J connectivity index is 2.50. The van der Waals surface area contributed by atoms with Gasteiger partial charge >= 0.3 is 0 Å². The zero-order valence-corrected chi connectivity index (χ0v) is 9.96. The summed E-state index contributed by atoms with van der Waals surface area (Å²) in [7, 11) is 0. The van der Waals surface area contributed by atoms with E-state index in [2.05, 4.69) is 5.32 Å². The number of carbonyl (C=O) groups is 2. The number of rotatable bonds is 1. The monoisotopic (exact) mass is 212 g/mol. The molecule has 1 N–H and O–H groups in total. The van der Waals surface area contributed by atoms with Gasteiger partial charge in [-0.25, -0.2) is 0 Å². The number of amides is 2. The molecule has 86 valence electrons. The highest BCUT2D eigenvalue weighted by molar-refractivity contribution is 5.82. The predicted octanol–water partition coefficient (Wildman–Crippen LogP) is 0.769. The molecule has 1 unspecified atom stereocenters. The average Bonchev–Trinajstić information content (AvgIpc) is 2.48. The third kappa shape index (κ3) is 3.22. The summed E-state index contributed by atoms with van der Waals surface area (Å²) in [5.74, 6) is 0.139. The van der Waals surface area contributed by atoms with Gasteiger partial charge in [0, 0.05) is 31.5 Å². The molecule has 0 aromatic carbocycles. The highest BCUT2D eigenvalue weighted by Gasteiger charge is 2.32. The largest absolute Gasteiger partial charge is 0.352 e. The van der Waals surface area contributed by atoms with Gasteiger partial charge in [0.25, 0.3) is 0 Å². The first-order valence-electron chi connectivity index (χ1n) is 5.37. The normalized spacial score (nSPS) is 21.6. The van der Waals surface area contributed by atoms with Crippen molar-refractivity contribution in [2.75, 3.05) is 13.1 Å². The smallest absolute Gasteiger partial charge is 0.228 e. The fourth-order valence-electron chi connectivity index (χ4n) is 1.82. The predicted molar refractivity (Wildman–Crippen MR) is 58.3 cm³/mol. The number of hydrogen-bond acceptors (Lipinski definition) is 2. The molecule has 2 amide bonds. The second kappa shape index (κ2) is 4.21. The zero-order valence-electron chi connectivity index (χ0n) is 9.96. The van der Waals surface area contributed by atoms with Crippen molar-refractivity contribution in [2.24, 2.45) is 5.41 Å².